The molecule has 1 aliphatic rings. The average molecular weight is 400 g/mol. The van der Waals surface area contributed by atoms with Crippen molar-refractivity contribution in [2.24, 2.45) is 5.10 Å². The van der Waals surface area contributed by atoms with Crippen LogP contribution in [0.25, 0.3) is 0 Å². The van der Waals surface area contributed by atoms with E-state index in [-0.39, 0.29) is 0 Å². The zero-order valence-electron chi connectivity index (χ0n) is 11.3. The lowest BCUT2D eigenvalue weighted by Crippen LogP contribution is -2.13. The zero-order valence-corrected chi connectivity index (χ0v) is 14.5. The van der Waals surface area contributed by atoms with E-state index in [1.165, 1.54) is 11.8 Å². The van der Waals surface area contributed by atoms with E-state index in [4.69, 9.17) is 16.3 Å². The Hall–Kier alpha value is -1.21. The number of rotatable bonds is 4. The molecule has 1 aliphatic heterocycles. The molecule has 0 spiro atoms. The van der Waals surface area contributed by atoms with E-state index >= 15 is 0 Å². The summed E-state index contributed by atoms with van der Waals surface area (Å²) >= 11 is 10.9. The second-order valence-corrected chi connectivity index (χ2v) is 7.08. The fourth-order valence-electron chi connectivity index (χ4n) is 1.96. The molecule has 114 valence electrons. The Kier molecular flexibility index (Phi) is 4.93. The molecule has 2 aromatic rings. The molecular weight excluding hydrogens is 388 g/mol. The van der Waals surface area contributed by atoms with Crippen LogP contribution in [0.5, 0.6) is 11.5 Å². The maximum Gasteiger partial charge on any atom is 0.194 e. The SMILES string of the molecule is OC1NN=C(Cc2ccc(Cl)c(Oc3cccc(Br)c3)c2)S1. The topological polar surface area (TPSA) is 53.8 Å². The van der Waals surface area contributed by atoms with Crippen molar-refractivity contribution in [3.8, 4) is 11.5 Å². The van der Waals surface area contributed by atoms with Crippen molar-refractivity contribution in [2.45, 2.75) is 12.0 Å². The molecule has 1 unspecified atom stereocenters. The van der Waals surface area contributed by atoms with Crippen molar-refractivity contribution in [3.05, 3.63) is 57.5 Å². The minimum Gasteiger partial charge on any atom is -0.456 e. The first-order chi connectivity index (χ1) is 10.6. The van der Waals surface area contributed by atoms with E-state index in [1.807, 2.05) is 36.4 Å². The number of hydrogen-bond donors (Lipinski definition) is 2. The molecule has 0 amide bonds. The number of hydrazone groups is 1. The van der Waals surface area contributed by atoms with Crippen molar-refractivity contribution in [1.29, 1.82) is 0 Å². The van der Waals surface area contributed by atoms with E-state index in [2.05, 4.69) is 26.5 Å². The number of nitrogens with one attached hydrogen (secondary N) is 1. The molecule has 2 aromatic carbocycles. The summed E-state index contributed by atoms with van der Waals surface area (Å²) in [5.41, 5.74) is 2.95. The van der Waals surface area contributed by atoms with Crippen LogP contribution >= 0.6 is 39.3 Å². The van der Waals surface area contributed by atoms with Crippen LogP contribution in [-0.4, -0.2) is 15.7 Å². The molecule has 0 aliphatic carbocycles. The van der Waals surface area contributed by atoms with Gasteiger partial charge < -0.3 is 9.84 Å². The Bertz CT molecular complexity index is 726. The van der Waals surface area contributed by atoms with Crippen molar-refractivity contribution in [2.75, 3.05) is 0 Å². The Morgan fingerprint density at radius 1 is 1.32 bits per heavy atom. The van der Waals surface area contributed by atoms with Crippen LogP contribution in [0.15, 0.2) is 52.0 Å². The molecule has 1 atom stereocenters. The lowest BCUT2D eigenvalue weighted by Gasteiger charge is -2.10. The van der Waals surface area contributed by atoms with Crippen LogP contribution in [0.3, 0.4) is 0 Å². The van der Waals surface area contributed by atoms with Gasteiger partial charge in [-0.1, -0.05) is 51.4 Å². The molecule has 0 radical (unpaired) electrons. The van der Waals surface area contributed by atoms with Crippen LogP contribution in [-0.2, 0) is 6.42 Å². The molecule has 0 aromatic heterocycles. The summed E-state index contributed by atoms with van der Waals surface area (Å²) in [7, 11) is 0. The second kappa shape index (κ2) is 6.91. The zero-order chi connectivity index (χ0) is 15.5. The first-order valence-corrected chi connectivity index (χ1v) is 8.54. The van der Waals surface area contributed by atoms with Crippen molar-refractivity contribution >= 4 is 44.3 Å². The summed E-state index contributed by atoms with van der Waals surface area (Å²) in [6.07, 6.45) is 0.612. The maximum atomic E-state index is 9.38. The van der Waals surface area contributed by atoms with Gasteiger partial charge in [-0.15, -0.1) is 0 Å². The second-order valence-electron chi connectivity index (χ2n) is 4.61. The molecule has 7 heteroatoms. The Balaban J connectivity index is 1.78. The number of halogens is 2. The van der Waals surface area contributed by atoms with Crippen molar-refractivity contribution < 1.29 is 9.84 Å². The van der Waals surface area contributed by atoms with Gasteiger partial charge in [-0.2, -0.15) is 5.10 Å². The van der Waals surface area contributed by atoms with Crippen LogP contribution in [0.2, 0.25) is 5.02 Å². The van der Waals surface area contributed by atoms with Gasteiger partial charge in [-0.3, -0.25) is 5.43 Å². The lowest BCUT2D eigenvalue weighted by molar-refractivity contribution is 0.232. The molecule has 0 saturated heterocycles. The van der Waals surface area contributed by atoms with Gasteiger partial charge in [-0.25, -0.2) is 0 Å². The summed E-state index contributed by atoms with van der Waals surface area (Å²) in [6, 6.07) is 13.2. The quantitative estimate of drug-likeness (QED) is 0.802. The van der Waals surface area contributed by atoms with Crippen LogP contribution in [0.1, 0.15) is 5.56 Å². The molecule has 0 bridgehead atoms. The Labute approximate surface area is 145 Å². The van der Waals surface area contributed by atoms with Crippen LogP contribution < -0.4 is 10.2 Å². The molecule has 0 fully saturated rings. The first-order valence-electron chi connectivity index (χ1n) is 6.49. The van der Waals surface area contributed by atoms with Gasteiger partial charge in [0.2, 0.25) is 0 Å². The minimum absolute atomic E-state index is 0.544. The van der Waals surface area contributed by atoms with Gasteiger partial charge >= 0.3 is 0 Å². The van der Waals surface area contributed by atoms with Gasteiger partial charge in [-0.05, 0) is 35.9 Å². The number of aliphatic hydroxyl groups excluding tert-OH is 1. The smallest absolute Gasteiger partial charge is 0.194 e. The number of nitrogens with zero attached hydrogens (tertiary/aromatic N) is 1. The van der Waals surface area contributed by atoms with E-state index in [0.717, 1.165) is 15.1 Å². The summed E-state index contributed by atoms with van der Waals surface area (Å²) in [5.74, 6) is 1.30. The van der Waals surface area contributed by atoms with Crippen LogP contribution in [0, 0.1) is 0 Å². The monoisotopic (exact) mass is 398 g/mol. The van der Waals surface area contributed by atoms with Crippen LogP contribution in [0.4, 0.5) is 0 Å². The van der Waals surface area contributed by atoms with E-state index in [1.54, 1.807) is 6.07 Å². The average Bonchev–Trinajstić information content (AvgIpc) is 2.88. The lowest BCUT2D eigenvalue weighted by atomic mass is 10.1. The number of ether oxygens (including phenoxy) is 1. The number of hydrogen-bond acceptors (Lipinski definition) is 5. The van der Waals surface area contributed by atoms with Gasteiger partial charge in [0.05, 0.1) is 5.02 Å². The van der Waals surface area contributed by atoms with Gasteiger partial charge in [0.25, 0.3) is 0 Å². The highest BCUT2D eigenvalue weighted by Crippen LogP contribution is 2.32. The highest BCUT2D eigenvalue weighted by molar-refractivity contribution is 9.10. The maximum absolute atomic E-state index is 9.38. The highest BCUT2D eigenvalue weighted by Gasteiger charge is 2.17. The van der Waals surface area contributed by atoms with E-state index in [0.29, 0.717) is 22.9 Å². The molecule has 2 N–H and O–H groups in total. The summed E-state index contributed by atoms with van der Waals surface area (Å²) in [6.45, 7) is 0. The molecule has 22 heavy (non-hydrogen) atoms. The largest absolute Gasteiger partial charge is 0.456 e. The molecule has 1 heterocycles. The predicted molar refractivity (Wildman–Crippen MR) is 93.5 cm³/mol. The standard InChI is InChI=1S/C15H12BrClN2O2S/c16-10-2-1-3-11(8-10)21-13-6-9(4-5-12(13)17)7-14-18-19-15(20)22-14/h1-6,8,15,19-20H,7H2. The molecule has 3 rings (SSSR count). The predicted octanol–water partition coefficient (Wildman–Crippen LogP) is 4.36. The summed E-state index contributed by atoms with van der Waals surface area (Å²) < 4.78 is 6.78. The number of benzene rings is 2. The molecule has 0 saturated carbocycles. The fourth-order valence-corrected chi connectivity index (χ4v) is 3.21. The summed E-state index contributed by atoms with van der Waals surface area (Å²) in [4.78, 5) is 0. The van der Waals surface area contributed by atoms with Gasteiger partial charge in [0.1, 0.15) is 16.5 Å². The fraction of sp³-hybridized carbons (Fsp3) is 0.133. The van der Waals surface area contributed by atoms with Gasteiger partial charge in [0.15, 0.2) is 5.56 Å². The van der Waals surface area contributed by atoms with E-state index in [9.17, 15) is 5.11 Å². The normalized spacial score (nSPS) is 17.0. The van der Waals surface area contributed by atoms with Gasteiger partial charge in [0, 0.05) is 10.9 Å². The number of aliphatic hydroxyl groups is 1. The summed E-state index contributed by atoms with van der Waals surface area (Å²) in [5, 5.41) is 14.8. The van der Waals surface area contributed by atoms with Crippen molar-refractivity contribution in [1.82, 2.24) is 5.43 Å². The third-order valence-corrected chi connectivity index (χ3v) is 4.56. The molecule has 4 nitrogen and oxygen atoms in total. The minimum atomic E-state index is -0.667. The van der Waals surface area contributed by atoms with Crippen molar-refractivity contribution in [3.63, 3.8) is 0 Å². The number of thioether (sulfide) groups is 1. The highest BCUT2D eigenvalue weighted by atomic mass is 79.9. The van der Waals surface area contributed by atoms with E-state index < -0.39 is 5.56 Å². The Morgan fingerprint density at radius 3 is 2.91 bits per heavy atom. The molecular formula is C15H12BrClN2O2S. The third kappa shape index (κ3) is 3.95. The first kappa shape index (κ1) is 15.7. The Morgan fingerprint density at radius 2 is 2.18 bits per heavy atom. The third-order valence-electron chi connectivity index (χ3n) is 2.92.